The Balaban J connectivity index is 1.76. The molecule has 12 heteroatoms. The number of hydrogen-bond donors (Lipinski definition) is 1. The molecule has 0 unspecified atom stereocenters. The number of carbonyl (C=O) groups excluding carboxylic acids is 1. The molecular formula is C26H29F7N2O3. The van der Waals surface area contributed by atoms with Crippen LogP contribution in [0.1, 0.15) is 55.9 Å². The molecule has 3 rings (SSSR count). The first-order valence-corrected chi connectivity index (χ1v) is 11.8. The van der Waals surface area contributed by atoms with Crippen molar-refractivity contribution >= 4 is 6.09 Å². The number of ether oxygens (including phenoxy) is 2. The third-order valence-corrected chi connectivity index (χ3v) is 6.12. The van der Waals surface area contributed by atoms with Gasteiger partial charge in [-0.05, 0) is 75.1 Å². The summed E-state index contributed by atoms with van der Waals surface area (Å²) in [7, 11) is 0. The number of hydrazine groups is 1. The van der Waals surface area contributed by atoms with Crippen molar-refractivity contribution in [3.05, 3.63) is 70.5 Å². The number of hydrogen-bond acceptors (Lipinski definition) is 4. The van der Waals surface area contributed by atoms with E-state index in [-0.39, 0.29) is 18.2 Å². The summed E-state index contributed by atoms with van der Waals surface area (Å²) in [4.78, 5) is 12.1. The second-order valence-corrected chi connectivity index (χ2v) is 10.3. The molecule has 38 heavy (non-hydrogen) atoms. The Kier molecular flexibility index (Phi) is 8.67. The average Bonchev–Trinajstić information content (AvgIpc) is 2.78. The van der Waals surface area contributed by atoms with Gasteiger partial charge >= 0.3 is 18.4 Å². The predicted molar refractivity (Wildman–Crippen MR) is 124 cm³/mol. The molecule has 2 aromatic carbocycles. The van der Waals surface area contributed by atoms with Crippen LogP contribution in [0.25, 0.3) is 0 Å². The van der Waals surface area contributed by atoms with Crippen LogP contribution in [0.5, 0.6) is 0 Å². The molecule has 1 fully saturated rings. The third-order valence-electron chi connectivity index (χ3n) is 6.12. The number of benzene rings is 2. The summed E-state index contributed by atoms with van der Waals surface area (Å²) in [6.45, 7) is 5.33. The van der Waals surface area contributed by atoms with Gasteiger partial charge in [-0.25, -0.2) is 14.2 Å². The number of alkyl halides is 6. The first-order chi connectivity index (χ1) is 17.5. The summed E-state index contributed by atoms with van der Waals surface area (Å²) in [5.41, 5.74) is -1.15. The molecule has 2 aromatic rings. The lowest BCUT2D eigenvalue weighted by atomic mass is 9.73. The van der Waals surface area contributed by atoms with E-state index in [1.165, 1.54) is 12.1 Å². The van der Waals surface area contributed by atoms with Gasteiger partial charge in [0.25, 0.3) is 0 Å². The lowest BCUT2D eigenvalue weighted by Crippen LogP contribution is -2.52. The van der Waals surface area contributed by atoms with Crippen LogP contribution in [-0.4, -0.2) is 36.4 Å². The van der Waals surface area contributed by atoms with Crippen LogP contribution in [-0.2, 0) is 33.8 Å². The van der Waals surface area contributed by atoms with Crippen LogP contribution in [0.3, 0.4) is 0 Å². The third kappa shape index (κ3) is 8.07. The summed E-state index contributed by atoms with van der Waals surface area (Å²) in [5.74, 6) is -0.461. The van der Waals surface area contributed by atoms with Gasteiger partial charge in [-0.2, -0.15) is 26.3 Å². The monoisotopic (exact) mass is 550 g/mol. The van der Waals surface area contributed by atoms with Crippen molar-refractivity contribution in [2.75, 3.05) is 19.7 Å². The zero-order valence-corrected chi connectivity index (χ0v) is 21.1. The first kappa shape index (κ1) is 29.7. The van der Waals surface area contributed by atoms with E-state index in [9.17, 15) is 35.5 Å². The lowest BCUT2D eigenvalue weighted by molar-refractivity contribution is -0.143. The molecule has 0 spiro atoms. The minimum Gasteiger partial charge on any atom is -0.443 e. The van der Waals surface area contributed by atoms with Crippen LogP contribution >= 0.6 is 0 Å². The highest BCUT2D eigenvalue weighted by Gasteiger charge is 2.39. The maximum absolute atomic E-state index is 13.6. The number of nitrogens with one attached hydrogen (secondary N) is 1. The molecule has 5 nitrogen and oxygen atoms in total. The van der Waals surface area contributed by atoms with E-state index in [0.717, 1.165) is 0 Å². The summed E-state index contributed by atoms with van der Waals surface area (Å²) < 4.78 is 104. The van der Waals surface area contributed by atoms with Gasteiger partial charge in [0, 0.05) is 18.5 Å². The fourth-order valence-corrected chi connectivity index (χ4v) is 4.26. The number of halogens is 7. The van der Waals surface area contributed by atoms with Crippen molar-refractivity contribution in [3.8, 4) is 0 Å². The van der Waals surface area contributed by atoms with Crippen molar-refractivity contribution in [3.63, 3.8) is 0 Å². The first-order valence-electron chi connectivity index (χ1n) is 11.8. The molecule has 1 heterocycles. The fraction of sp³-hybridized carbons (Fsp3) is 0.500. The van der Waals surface area contributed by atoms with Gasteiger partial charge < -0.3 is 9.47 Å². The number of carbonyl (C=O) groups is 1. The summed E-state index contributed by atoms with van der Waals surface area (Å²) in [5, 5.41) is 1.65. The van der Waals surface area contributed by atoms with Gasteiger partial charge in [-0.1, -0.05) is 12.1 Å². The van der Waals surface area contributed by atoms with Crippen molar-refractivity contribution in [2.24, 2.45) is 0 Å². The maximum atomic E-state index is 13.6. The van der Waals surface area contributed by atoms with Gasteiger partial charge in [0.15, 0.2) is 0 Å². The molecule has 0 atom stereocenters. The van der Waals surface area contributed by atoms with Gasteiger partial charge in [0.2, 0.25) is 0 Å². The Morgan fingerprint density at radius 2 is 1.45 bits per heavy atom. The number of rotatable bonds is 6. The van der Waals surface area contributed by atoms with E-state index in [4.69, 9.17) is 9.47 Å². The molecule has 1 aliphatic rings. The van der Waals surface area contributed by atoms with E-state index >= 15 is 0 Å². The number of piperidine rings is 1. The van der Waals surface area contributed by atoms with Crippen LogP contribution in [0.15, 0.2) is 42.5 Å². The second-order valence-electron chi connectivity index (χ2n) is 10.3. The molecule has 0 bridgehead atoms. The van der Waals surface area contributed by atoms with E-state index < -0.39 is 53.0 Å². The number of nitrogens with zero attached hydrogens (tertiary/aromatic N) is 1. The van der Waals surface area contributed by atoms with E-state index in [1.54, 1.807) is 37.9 Å². The van der Waals surface area contributed by atoms with Crippen LogP contribution in [0.4, 0.5) is 35.5 Å². The molecule has 1 aliphatic heterocycles. The molecule has 1 N–H and O–H groups in total. The predicted octanol–water partition coefficient (Wildman–Crippen LogP) is 6.85. The largest absolute Gasteiger partial charge is 0.443 e. The van der Waals surface area contributed by atoms with Gasteiger partial charge in [0.1, 0.15) is 11.4 Å². The lowest BCUT2D eigenvalue weighted by Gasteiger charge is -2.42. The topological polar surface area (TPSA) is 50.8 Å². The standard InChI is InChI=1S/C26H29F7N2O3/c1-23(2,3)38-22(36)34-35-10-8-24(9-11-35,18-4-6-21(27)7-5-18)16-37-15-17-12-19(25(28,29)30)14-20(13-17)26(31,32)33/h4-7,12-14H,8-11,15-16H2,1-3H3,(H,34,36). The Hall–Kier alpha value is -2.86. The fourth-order valence-electron chi connectivity index (χ4n) is 4.26. The van der Waals surface area contributed by atoms with Crippen molar-refractivity contribution in [1.29, 1.82) is 0 Å². The zero-order valence-electron chi connectivity index (χ0n) is 21.1. The van der Waals surface area contributed by atoms with Crippen LogP contribution in [0.2, 0.25) is 0 Å². The average molecular weight is 551 g/mol. The Morgan fingerprint density at radius 3 is 1.92 bits per heavy atom. The van der Waals surface area contributed by atoms with Gasteiger partial charge in [-0.15, -0.1) is 0 Å². The Labute approximate surface area is 215 Å². The summed E-state index contributed by atoms with van der Waals surface area (Å²) in [6.07, 6.45) is -9.73. The van der Waals surface area contributed by atoms with Crippen molar-refractivity contribution in [2.45, 2.75) is 63.6 Å². The molecule has 1 saturated heterocycles. The highest BCUT2D eigenvalue weighted by atomic mass is 19.4. The highest BCUT2D eigenvalue weighted by molar-refractivity contribution is 5.67. The number of amides is 1. The smallest absolute Gasteiger partial charge is 0.422 e. The minimum absolute atomic E-state index is 0.0451. The molecule has 0 aromatic heterocycles. The molecule has 210 valence electrons. The summed E-state index contributed by atoms with van der Waals surface area (Å²) >= 11 is 0. The molecule has 1 amide bonds. The molecular weight excluding hydrogens is 521 g/mol. The highest BCUT2D eigenvalue weighted by Crippen LogP contribution is 2.38. The summed E-state index contributed by atoms with van der Waals surface area (Å²) in [6, 6.07) is 7.01. The maximum Gasteiger partial charge on any atom is 0.422 e. The SMILES string of the molecule is CC(C)(C)OC(=O)NN1CCC(COCc2cc(C(F)(F)F)cc(C(F)(F)F)c2)(c2ccc(F)cc2)CC1. The Morgan fingerprint density at radius 1 is 0.921 bits per heavy atom. The van der Waals surface area contributed by atoms with Crippen molar-refractivity contribution in [1.82, 2.24) is 10.4 Å². The molecule has 0 saturated carbocycles. The van der Waals surface area contributed by atoms with Gasteiger partial charge in [-0.3, -0.25) is 5.43 Å². The van der Waals surface area contributed by atoms with Crippen LogP contribution < -0.4 is 5.43 Å². The second kappa shape index (κ2) is 11.1. The quantitative estimate of drug-likeness (QED) is 0.400. The van der Waals surface area contributed by atoms with Crippen molar-refractivity contribution < 1.29 is 45.0 Å². The Bertz CT molecular complexity index is 1070. The van der Waals surface area contributed by atoms with Gasteiger partial charge in [0.05, 0.1) is 24.3 Å². The van der Waals surface area contributed by atoms with Crippen LogP contribution in [0, 0.1) is 5.82 Å². The van der Waals surface area contributed by atoms with E-state index in [1.807, 2.05) is 0 Å². The van der Waals surface area contributed by atoms with E-state index in [0.29, 0.717) is 43.6 Å². The molecule has 0 aliphatic carbocycles. The normalized spacial score (nSPS) is 16.8. The van der Waals surface area contributed by atoms with E-state index in [2.05, 4.69) is 5.43 Å². The minimum atomic E-state index is -4.96. The molecule has 0 radical (unpaired) electrons. The zero-order chi connectivity index (χ0) is 28.4.